The Morgan fingerprint density at radius 1 is 1.46 bits per heavy atom. The third kappa shape index (κ3) is 3.95. The van der Waals surface area contributed by atoms with E-state index in [4.69, 9.17) is 9.15 Å². The summed E-state index contributed by atoms with van der Waals surface area (Å²) >= 11 is 0. The highest BCUT2D eigenvalue weighted by atomic mass is 16.5. The molecule has 8 heteroatoms. The molecule has 1 saturated heterocycles. The van der Waals surface area contributed by atoms with Gasteiger partial charge in [0, 0.05) is 31.5 Å². The maximum atomic E-state index is 12.0. The van der Waals surface area contributed by atoms with Gasteiger partial charge in [-0.15, -0.1) is 0 Å². The van der Waals surface area contributed by atoms with Crippen molar-refractivity contribution in [2.45, 2.75) is 25.9 Å². The Morgan fingerprint density at radius 3 is 3.12 bits per heavy atom. The first kappa shape index (κ1) is 16.1. The lowest BCUT2D eigenvalue weighted by Crippen LogP contribution is -2.43. The largest absolute Gasteiger partial charge is 0.475 e. The molecule has 0 radical (unpaired) electrons. The van der Waals surface area contributed by atoms with E-state index in [0.717, 1.165) is 24.5 Å². The molecule has 0 bridgehead atoms. The minimum atomic E-state index is -0.206. The van der Waals surface area contributed by atoms with Gasteiger partial charge in [-0.2, -0.15) is 0 Å². The summed E-state index contributed by atoms with van der Waals surface area (Å²) in [6, 6.07) is 3.46. The summed E-state index contributed by atoms with van der Waals surface area (Å²) < 4.78 is 10.7. The zero-order valence-electron chi connectivity index (χ0n) is 13.6. The van der Waals surface area contributed by atoms with Crippen LogP contribution in [0.5, 0.6) is 5.88 Å². The topological polar surface area (TPSA) is 92.5 Å². The van der Waals surface area contributed by atoms with Crippen molar-refractivity contribution in [2.75, 3.05) is 24.6 Å². The van der Waals surface area contributed by atoms with E-state index < -0.39 is 0 Å². The van der Waals surface area contributed by atoms with Crippen molar-refractivity contribution in [2.24, 2.45) is 0 Å². The lowest BCUT2D eigenvalue weighted by atomic mass is 10.3. The molecule has 2 aromatic rings. The summed E-state index contributed by atoms with van der Waals surface area (Å²) in [5.41, 5.74) is 0. The first-order chi connectivity index (χ1) is 11.8. The molecule has 1 aliphatic heterocycles. The van der Waals surface area contributed by atoms with Crippen molar-refractivity contribution in [3.05, 3.63) is 36.5 Å². The van der Waals surface area contributed by atoms with Crippen LogP contribution in [0.25, 0.3) is 0 Å². The highest BCUT2D eigenvalue weighted by Crippen LogP contribution is 2.26. The molecular formula is C16H21N5O3. The quantitative estimate of drug-likeness (QED) is 0.834. The molecule has 128 valence electrons. The zero-order valence-corrected chi connectivity index (χ0v) is 13.6. The van der Waals surface area contributed by atoms with Gasteiger partial charge >= 0.3 is 6.03 Å². The molecule has 3 rings (SSSR count). The van der Waals surface area contributed by atoms with Crippen LogP contribution in [0.3, 0.4) is 0 Å². The number of aromatic nitrogens is 2. The van der Waals surface area contributed by atoms with Crippen LogP contribution in [0.1, 0.15) is 19.1 Å². The molecule has 2 amide bonds. The van der Waals surface area contributed by atoms with Gasteiger partial charge in [0.25, 0.3) is 5.88 Å². The van der Waals surface area contributed by atoms with Gasteiger partial charge in [0.05, 0.1) is 19.4 Å². The van der Waals surface area contributed by atoms with E-state index in [1.165, 1.54) is 0 Å². The number of carbonyl (C=O) groups is 1. The fraction of sp³-hybridized carbons (Fsp3) is 0.438. The monoisotopic (exact) mass is 331 g/mol. The molecule has 8 nitrogen and oxygen atoms in total. The number of nitrogens with one attached hydrogen (secondary N) is 2. The van der Waals surface area contributed by atoms with E-state index in [2.05, 4.69) is 25.5 Å². The van der Waals surface area contributed by atoms with Gasteiger partial charge in [-0.1, -0.05) is 0 Å². The van der Waals surface area contributed by atoms with Crippen LogP contribution in [0.4, 0.5) is 10.6 Å². The van der Waals surface area contributed by atoms with Crippen molar-refractivity contribution in [1.29, 1.82) is 0 Å². The van der Waals surface area contributed by atoms with Crippen LogP contribution in [0.15, 0.2) is 35.2 Å². The van der Waals surface area contributed by atoms with E-state index in [1.54, 1.807) is 24.7 Å². The number of rotatable bonds is 6. The summed E-state index contributed by atoms with van der Waals surface area (Å²) in [7, 11) is 0. The first-order valence-corrected chi connectivity index (χ1v) is 8.01. The molecule has 0 aromatic carbocycles. The fourth-order valence-electron chi connectivity index (χ4n) is 2.66. The normalized spacial score (nSPS) is 16.9. The van der Waals surface area contributed by atoms with Gasteiger partial charge in [-0.3, -0.25) is 0 Å². The molecule has 2 aromatic heterocycles. The van der Waals surface area contributed by atoms with Crippen LogP contribution in [-0.4, -0.2) is 41.7 Å². The summed E-state index contributed by atoms with van der Waals surface area (Å²) in [5, 5.41) is 5.75. The third-order valence-electron chi connectivity index (χ3n) is 3.75. The van der Waals surface area contributed by atoms with Gasteiger partial charge in [-0.25, -0.2) is 14.8 Å². The van der Waals surface area contributed by atoms with E-state index in [9.17, 15) is 4.79 Å². The summed E-state index contributed by atoms with van der Waals surface area (Å²) in [5.74, 6) is 1.97. The van der Waals surface area contributed by atoms with Crippen LogP contribution < -0.4 is 20.3 Å². The Labute approximate surface area is 140 Å². The Balaban J connectivity index is 1.51. The highest BCUT2D eigenvalue weighted by molar-refractivity contribution is 5.74. The van der Waals surface area contributed by atoms with Gasteiger partial charge in [0.1, 0.15) is 5.76 Å². The van der Waals surface area contributed by atoms with E-state index in [0.29, 0.717) is 25.6 Å². The Hall–Kier alpha value is -2.77. The van der Waals surface area contributed by atoms with Crippen molar-refractivity contribution in [3.8, 4) is 5.88 Å². The lowest BCUT2D eigenvalue weighted by Gasteiger charge is -2.19. The molecule has 1 atom stereocenters. The second kappa shape index (κ2) is 7.67. The molecule has 1 fully saturated rings. The SMILES string of the molecule is CCOc1nccnc1N1CC[C@H](NC(=O)NCc2ccco2)C1. The van der Waals surface area contributed by atoms with Crippen LogP contribution in [0, 0.1) is 0 Å². The number of hydrogen-bond donors (Lipinski definition) is 2. The van der Waals surface area contributed by atoms with E-state index >= 15 is 0 Å². The summed E-state index contributed by atoms with van der Waals surface area (Å²) in [6.07, 6.45) is 5.69. The van der Waals surface area contributed by atoms with Crippen molar-refractivity contribution >= 4 is 11.8 Å². The Morgan fingerprint density at radius 2 is 2.33 bits per heavy atom. The molecule has 0 unspecified atom stereocenters. The number of urea groups is 1. The molecule has 24 heavy (non-hydrogen) atoms. The van der Waals surface area contributed by atoms with Crippen molar-refractivity contribution in [3.63, 3.8) is 0 Å². The van der Waals surface area contributed by atoms with Gasteiger partial charge < -0.3 is 24.7 Å². The first-order valence-electron chi connectivity index (χ1n) is 8.01. The second-order valence-electron chi connectivity index (χ2n) is 5.46. The smallest absolute Gasteiger partial charge is 0.315 e. The number of ether oxygens (including phenoxy) is 1. The highest BCUT2D eigenvalue weighted by Gasteiger charge is 2.27. The second-order valence-corrected chi connectivity index (χ2v) is 5.46. The molecule has 0 aliphatic carbocycles. The summed E-state index contributed by atoms with van der Waals surface area (Å²) in [4.78, 5) is 22.6. The summed E-state index contributed by atoms with van der Waals surface area (Å²) in [6.45, 7) is 4.29. The number of hydrogen-bond acceptors (Lipinski definition) is 6. The molecule has 2 N–H and O–H groups in total. The van der Waals surface area contributed by atoms with Crippen molar-refractivity contribution in [1.82, 2.24) is 20.6 Å². The number of anilines is 1. The van der Waals surface area contributed by atoms with E-state index in [-0.39, 0.29) is 12.1 Å². The fourth-order valence-corrected chi connectivity index (χ4v) is 2.66. The minimum absolute atomic E-state index is 0.0538. The van der Waals surface area contributed by atoms with Crippen molar-refractivity contribution < 1.29 is 13.9 Å². The number of carbonyl (C=O) groups excluding carboxylic acids is 1. The van der Waals surface area contributed by atoms with E-state index in [1.807, 2.05) is 13.0 Å². The Kier molecular flexibility index (Phi) is 5.15. The molecule has 0 saturated carbocycles. The zero-order chi connectivity index (χ0) is 16.8. The standard InChI is InChI=1S/C16H21N5O3/c1-2-23-15-14(17-6-7-18-15)21-8-5-12(11-21)20-16(22)19-10-13-4-3-9-24-13/h3-4,6-7,9,12H,2,5,8,10-11H2,1H3,(H2,19,20,22)/t12-/m0/s1. The molecule has 1 aliphatic rings. The maximum Gasteiger partial charge on any atom is 0.315 e. The predicted molar refractivity (Wildman–Crippen MR) is 87.9 cm³/mol. The number of nitrogens with zero attached hydrogens (tertiary/aromatic N) is 3. The predicted octanol–water partition coefficient (Wildman–Crippen LogP) is 1.55. The van der Waals surface area contributed by atoms with Gasteiger partial charge in [0.2, 0.25) is 0 Å². The number of amides is 2. The molecule has 3 heterocycles. The average Bonchev–Trinajstić information content (AvgIpc) is 3.25. The lowest BCUT2D eigenvalue weighted by molar-refractivity contribution is 0.236. The van der Waals surface area contributed by atoms with Gasteiger partial charge in [-0.05, 0) is 25.5 Å². The van der Waals surface area contributed by atoms with Crippen LogP contribution in [-0.2, 0) is 6.54 Å². The molecule has 0 spiro atoms. The Bertz CT molecular complexity index is 661. The van der Waals surface area contributed by atoms with Crippen LogP contribution >= 0.6 is 0 Å². The minimum Gasteiger partial charge on any atom is -0.475 e. The van der Waals surface area contributed by atoms with Crippen LogP contribution in [0.2, 0.25) is 0 Å². The van der Waals surface area contributed by atoms with Gasteiger partial charge in [0.15, 0.2) is 5.82 Å². The maximum absolute atomic E-state index is 12.0. The molecular weight excluding hydrogens is 310 g/mol. The average molecular weight is 331 g/mol. The third-order valence-corrected chi connectivity index (χ3v) is 3.75. The number of furan rings is 1.